The number of methoxy groups -OCH3 is 3. The first-order chi connectivity index (χ1) is 14.5. The number of rotatable bonds is 8. The van der Waals surface area contributed by atoms with Crippen molar-refractivity contribution in [2.75, 3.05) is 21.3 Å². The molecule has 5 nitrogen and oxygen atoms in total. The van der Waals surface area contributed by atoms with E-state index in [9.17, 15) is 4.79 Å². The van der Waals surface area contributed by atoms with Gasteiger partial charge in [0.15, 0.2) is 11.5 Å². The van der Waals surface area contributed by atoms with E-state index in [4.69, 9.17) is 14.2 Å². The van der Waals surface area contributed by atoms with E-state index in [1.54, 1.807) is 50.9 Å². The summed E-state index contributed by atoms with van der Waals surface area (Å²) in [5.74, 6) is 1.39. The fourth-order valence-corrected chi connectivity index (χ4v) is 3.90. The van der Waals surface area contributed by atoms with Gasteiger partial charge in [0.2, 0.25) is 11.7 Å². The highest BCUT2D eigenvalue weighted by molar-refractivity contribution is 7.10. The molecule has 0 saturated carbocycles. The minimum atomic E-state index is -0.206. The lowest BCUT2D eigenvalue weighted by Gasteiger charge is -2.17. The fourth-order valence-electron chi connectivity index (χ4n) is 3.09. The van der Waals surface area contributed by atoms with Gasteiger partial charge < -0.3 is 19.5 Å². The van der Waals surface area contributed by atoms with Crippen molar-refractivity contribution in [3.8, 4) is 17.2 Å². The molecular formula is C24H25NO4S. The molecule has 0 bridgehead atoms. The van der Waals surface area contributed by atoms with Crippen molar-refractivity contribution in [1.29, 1.82) is 0 Å². The number of thiophene rings is 1. The van der Waals surface area contributed by atoms with Gasteiger partial charge >= 0.3 is 0 Å². The summed E-state index contributed by atoms with van der Waals surface area (Å²) in [6.07, 6.45) is 3.23. The summed E-state index contributed by atoms with van der Waals surface area (Å²) < 4.78 is 16.1. The lowest BCUT2D eigenvalue weighted by Crippen LogP contribution is -2.27. The van der Waals surface area contributed by atoms with Gasteiger partial charge in [0.05, 0.1) is 27.4 Å². The number of nitrogens with one attached hydrogen (secondary N) is 1. The van der Waals surface area contributed by atoms with Crippen LogP contribution >= 0.6 is 11.3 Å². The quantitative estimate of drug-likeness (QED) is 0.518. The SMILES string of the molecule is COc1cc(/C=C/C(=O)N[C@@H](c2ccc(C)cc2)c2cccs2)cc(OC)c1OC. The average molecular weight is 424 g/mol. The van der Waals surface area contributed by atoms with Crippen LogP contribution in [0.15, 0.2) is 60.0 Å². The number of hydrogen-bond acceptors (Lipinski definition) is 5. The number of ether oxygens (including phenoxy) is 3. The maximum absolute atomic E-state index is 12.7. The lowest BCUT2D eigenvalue weighted by atomic mass is 10.0. The van der Waals surface area contributed by atoms with Crippen LogP contribution in [0.3, 0.4) is 0 Å². The predicted octanol–water partition coefficient (Wildman–Crippen LogP) is 5.00. The van der Waals surface area contributed by atoms with Crippen LogP contribution in [0.5, 0.6) is 17.2 Å². The Morgan fingerprint density at radius 1 is 1.00 bits per heavy atom. The molecule has 0 radical (unpaired) electrons. The molecule has 0 aliphatic carbocycles. The first-order valence-corrected chi connectivity index (χ1v) is 10.3. The molecule has 0 saturated heterocycles. The minimum absolute atomic E-state index is 0.192. The van der Waals surface area contributed by atoms with Crippen molar-refractivity contribution in [3.05, 3.63) is 81.6 Å². The van der Waals surface area contributed by atoms with E-state index in [0.717, 1.165) is 16.0 Å². The van der Waals surface area contributed by atoms with Crippen molar-refractivity contribution in [1.82, 2.24) is 5.32 Å². The Morgan fingerprint density at radius 3 is 2.20 bits per heavy atom. The molecule has 6 heteroatoms. The van der Waals surface area contributed by atoms with Gasteiger partial charge in [-0.05, 0) is 47.7 Å². The summed E-state index contributed by atoms with van der Waals surface area (Å²) in [5, 5.41) is 5.11. The maximum atomic E-state index is 12.7. The van der Waals surface area contributed by atoms with E-state index in [2.05, 4.69) is 5.32 Å². The Labute approximate surface area is 180 Å². The van der Waals surface area contributed by atoms with E-state index < -0.39 is 0 Å². The molecule has 0 fully saturated rings. The highest BCUT2D eigenvalue weighted by Gasteiger charge is 2.17. The van der Waals surface area contributed by atoms with Gasteiger partial charge in [-0.3, -0.25) is 4.79 Å². The summed E-state index contributed by atoms with van der Waals surface area (Å²) in [4.78, 5) is 13.8. The van der Waals surface area contributed by atoms with Crippen LogP contribution in [0.4, 0.5) is 0 Å². The highest BCUT2D eigenvalue weighted by atomic mass is 32.1. The molecule has 0 spiro atoms. The summed E-state index contributed by atoms with van der Waals surface area (Å²) in [7, 11) is 4.68. The molecule has 30 heavy (non-hydrogen) atoms. The number of amides is 1. The van der Waals surface area contributed by atoms with Crippen LogP contribution in [-0.4, -0.2) is 27.2 Å². The van der Waals surface area contributed by atoms with E-state index in [1.807, 2.05) is 48.7 Å². The molecule has 1 amide bonds. The van der Waals surface area contributed by atoms with Gasteiger partial charge in [-0.25, -0.2) is 0 Å². The Kier molecular flexibility index (Phi) is 7.14. The maximum Gasteiger partial charge on any atom is 0.244 e. The zero-order valence-electron chi connectivity index (χ0n) is 17.5. The second-order valence-electron chi connectivity index (χ2n) is 6.66. The standard InChI is InChI=1S/C24H25NO4S/c1-16-7-10-18(11-8-16)23(21-6-5-13-30-21)25-22(26)12-9-17-14-19(27-2)24(29-4)20(15-17)28-3/h5-15,23H,1-4H3,(H,25,26)/b12-9+/t23-/m0/s1. The molecule has 0 aliphatic heterocycles. The van der Waals surface area contributed by atoms with Crippen molar-refractivity contribution >= 4 is 23.3 Å². The van der Waals surface area contributed by atoms with Crippen molar-refractivity contribution < 1.29 is 19.0 Å². The first kappa shape index (κ1) is 21.5. The number of benzene rings is 2. The van der Waals surface area contributed by atoms with Gasteiger partial charge in [-0.1, -0.05) is 35.9 Å². The van der Waals surface area contributed by atoms with E-state index in [1.165, 1.54) is 11.6 Å². The van der Waals surface area contributed by atoms with Gasteiger partial charge in [0, 0.05) is 11.0 Å². The minimum Gasteiger partial charge on any atom is -0.493 e. The average Bonchev–Trinajstić information content (AvgIpc) is 3.30. The molecule has 1 aromatic heterocycles. The summed E-state index contributed by atoms with van der Waals surface area (Å²) in [5.41, 5.74) is 2.98. The molecule has 0 unspecified atom stereocenters. The number of hydrogen-bond donors (Lipinski definition) is 1. The monoisotopic (exact) mass is 423 g/mol. The molecule has 0 aliphatic rings. The molecule has 3 aromatic rings. The first-order valence-electron chi connectivity index (χ1n) is 9.44. The Morgan fingerprint density at radius 2 is 1.67 bits per heavy atom. The summed E-state index contributed by atoms with van der Waals surface area (Å²) >= 11 is 1.61. The Hall–Kier alpha value is -3.25. The molecule has 156 valence electrons. The van der Waals surface area contributed by atoms with Crippen LogP contribution in [-0.2, 0) is 4.79 Å². The topological polar surface area (TPSA) is 56.8 Å². The zero-order valence-corrected chi connectivity index (χ0v) is 18.3. The van der Waals surface area contributed by atoms with Crippen molar-refractivity contribution in [2.24, 2.45) is 0 Å². The van der Waals surface area contributed by atoms with E-state index in [0.29, 0.717) is 17.2 Å². The van der Waals surface area contributed by atoms with Crippen molar-refractivity contribution in [2.45, 2.75) is 13.0 Å². The van der Waals surface area contributed by atoms with Gasteiger partial charge in [0.1, 0.15) is 0 Å². The Bertz CT molecular complexity index is 985. The third-order valence-electron chi connectivity index (χ3n) is 4.64. The molecule has 1 heterocycles. The molecule has 1 N–H and O–H groups in total. The molecular weight excluding hydrogens is 398 g/mol. The van der Waals surface area contributed by atoms with Crippen LogP contribution in [0, 0.1) is 6.92 Å². The Balaban J connectivity index is 1.82. The van der Waals surface area contributed by atoms with Gasteiger partial charge in [0.25, 0.3) is 0 Å². The summed E-state index contributed by atoms with van der Waals surface area (Å²) in [6, 6.07) is 15.6. The predicted molar refractivity (Wildman–Crippen MR) is 121 cm³/mol. The largest absolute Gasteiger partial charge is 0.493 e. The number of aryl methyl sites for hydroxylation is 1. The number of carbonyl (C=O) groups excluding carboxylic acids is 1. The normalized spacial score (nSPS) is 11.9. The van der Waals surface area contributed by atoms with Gasteiger partial charge in [-0.2, -0.15) is 0 Å². The third kappa shape index (κ3) is 5.02. The molecule has 2 aromatic carbocycles. The smallest absolute Gasteiger partial charge is 0.244 e. The van der Waals surface area contributed by atoms with Crippen LogP contribution in [0.25, 0.3) is 6.08 Å². The van der Waals surface area contributed by atoms with Crippen LogP contribution < -0.4 is 19.5 Å². The molecule has 3 rings (SSSR count). The van der Waals surface area contributed by atoms with Gasteiger partial charge in [-0.15, -0.1) is 11.3 Å². The van der Waals surface area contributed by atoms with Crippen LogP contribution in [0.2, 0.25) is 0 Å². The van der Waals surface area contributed by atoms with E-state index in [-0.39, 0.29) is 11.9 Å². The number of carbonyl (C=O) groups is 1. The lowest BCUT2D eigenvalue weighted by molar-refractivity contribution is -0.116. The fraction of sp³-hybridized carbons (Fsp3) is 0.208. The van der Waals surface area contributed by atoms with Crippen LogP contribution in [0.1, 0.15) is 27.6 Å². The van der Waals surface area contributed by atoms with E-state index >= 15 is 0 Å². The van der Waals surface area contributed by atoms with Crippen molar-refractivity contribution in [3.63, 3.8) is 0 Å². The second kappa shape index (κ2) is 9.98. The highest BCUT2D eigenvalue weighted by Crippen LogP contribution is 2.38. The second-order valence-corrected chi connectivity index (χ2v) is 7.64. The summed E-state index contributed by atoms with van der Waals surface area (Å²) in [6.45, 7) is 2.04. The zero-order chi connectivity index (χ0) is 21.5. The molecule has 1 atom stereocenters. The third-order valence-corrected chi connectivity index (χ3v) is 5.58.